The van der Waals surface area contributed by atoms with Crippen LogP contribution in [0.5, 0.6) is 5.75 Å². The first-order valence-corrected chi connectivity index (χ1v) is 7.52. The van der Waals surface area contributed by atoms with Gasteiger partial charge in [-0.05, 0) is 24.6 Å². The van der Waals surface area contributed by atoms with Crippen molar-refractivity contribution in [3.8, 4) is 5.75 Å². The van der Waals surface area contributed by atoms with Crippen LogP contribution in [0.1, 0.15) is 12.5 Å². The van der Waals surface area contributed by atoms with Gasteiger partial charge in [0.25, 0.3) is 0 Å². The number of hydrogen-bond acceptors (Lipinski definition) is 4. The molecule has 0 spiro atoms. The van der Waals surface area contributed by atoms with Crippen molar-refractivity contribution >= 4 is 9.84 Å². The van der Waals surface area contributed by atoms with Crippen molar-refractivity contribution in [2.45, 2.75) is 13.3 Å². The van der Waals surface area contributed by atoms with Gasteiger partial charge in [-0.15, -0.1) is 0 Å². The number of ether oxygens (including phenoxy) is 1. The van der Waals surface area contributed by atoms with E-state index in [1.807, 2.05) is 24.3 Å². The van der Waals surface area contributed by atoms with E-state index in [2.05, 4.69) is 0 Å². The summed E-state index contributed by atoms with van der Waals surface area (Å²) in [5, 5.41) is 0. The Kier molecular flexibility index (Phi) is 5.44. The number of rotatable bonds is 7. The number of para-hydroxylation sites is 1. The summed E-state index contributed by atoms with van der Waals surface area (Å²) >= 11 is 0. The van der Waals surface area contributed by atoms with Crippen LogP contribution in [0.15, 0.2) is 24.3 Å². The zero-order valence-corrected chi connectivity index (χ0v) is 10.9. The van der Waals surface area contributed by atoms with Crippen LogP contribution in [-0.2, 0) is 16.3 Å². The lowest BCUT2D eigenvalue weighted by Crippen LogP contribution is -2.16. The third-order valence-corrected chi connectivity index (χ3v) is 4.15. The number of sulfone groups is 1. The van der Waals surface area contributed by atoms with E-state index in [0.29, 0.717) is 6.54 Å². The highest BCUT2D eigenvalue weighted by Crippen LogP contribution is 2.18. The fourth-order valence-corrected chi connectivity index (χ4v) is 2.06. The summed E-state index contributed by atoms with van der Waals surface area (Å²) in [6.45, 7) is 2.38. The van der Waals surface area contributed by atoms with Gasteiger partial charge in [0.05, 0.1) is 5.75 Å². The molecule has 0 saturated carbocycles. The third kappa shape index (κ3) is 4.75. The smallest absolute Gasteiger partial charge is 0.153 e. The third-order valence-electron chi connectivity index (χ3n) is 2.48. The minimum atomic E-state index is -2.96. The second-order valence-electron chi connectivity index (χ2n) is 3.73. The summed E-state index contributed by atoms with van der Waals surface area (Å²) in [5.41, 5.74) is 6.51. The average Bonchev–Trinajstić information content (AvgIpc) is 2.31. The Labute approximate surface area is 103 Å². The van der Waals surface area contributed by atoms with E-state index in [4.69, 9.17) is 10.5 Å². The summed E-state index contributed by atoms with van der Waals surface area (Å²) in [5.74, 6) is 0.936. The van der Waals surface area contributed by atoms with Crippen molar-refractivity contribution < 1.29 is 13.2 Å². The molecule has 0 heterocycles. The second-order valence-corrected chi connectivity index (χ2v) is 6.20. The molecule has 0 radical (unpaired) electrons. The van der Waals surface area contributed by atoms with Gasteiger partial charge in [-0.3, -0.25) is 0 Å². The molecule has 0 aliphatic carbocycles. The summed E-state index contributed by atoms with van der Waals surface area (Å²) in [6, 6.07) is 7.56. The van der Waals surface area contributed by atoms with Crippen LogP contribution in [0, 0.1) is 0 Å². The molecule has 0 bridgehead atoms. The predicted octanol–water partition coefficient (Wildman–Crippen LogP) is 1.00. The summed E-state index contributed by atoms with van der Waals surface area (Å²) in [7, 11) is -2.96. The first kappa shape index (κ1) is 14.0. The van der Waals surface area contributed by atoms with Crippen LogP contribution >= 0.6 is 0 Å². The molecule has 4 nitrogen and oxygen atoms in total. The average molecular weight is 257 g/mol. The minimum Gasteiger partial charge on any atom is -0.492 e. The maximum atomic E-state index is 11.3. The molecular formula is C12H19NO3S. The first-order chi connectivity index (χ1) is 8.09. The molecule has 0 aliphatic heterocycles. The molecule has 96 valence electrons. The standard InChI is InChI=1S/C12H19NO3S/c1-2-17(14,15)10-9-16-12-6-4-3-5-11(12)7-8-13/h3-6H,2,7-10,13H2,1H3. The molecule has 0 atom stereocenters. The minimum absolute atomic E-state index is 0.0560. The molecule has 0 aliphatic rings. The van der Waals surface area contributed by atoms with Crippen LogP contribution < -0.4 is 10.5 Å². The SMILES string of the molecule is CCS(=O)(=O)CCOc1ccccc1CCN. The second kappa shape index (κ2) is 6.61. The topological polar surface area (TPSA) is 69.4 Å². The van der Waals surface area contributed by atoms with Crippen molar-refractivity contribution in [2.75, 3.05) is 24.7 Å². The van der Waals surface area contributed by atoms with E-state index in [1.54, 1.807) is 6.92 Å². The van der Waals surface area contributed by atoms with Crippen molar-refractivity contribution in [1.82, 2.24) is 0 Å². The predicted molar refractivity (Wildman–Crippen MR) is 69.0 cm³/mol. The molecule has 1 aromatic carbocycles. The van der Waals surface area contributed by atoms with Crippen molar-refractivity contribution in [3.05, 3.63) is 29.8 Å². The van der Waals surface area contributed by atoms with Crippen molar-refractivity contribution in [2.24, 2.45) is 5.73 Å². The number of hydrogen-bond donors (Lipinski definition) is 1. The fourth-order valence-electron chi connectivity index (χ4n) is 1.43. The zero-order valence-electron chi connectivity index (χ0n) is 10.1. The van der Waals surface area contributed by atoms with E-state index < -0.39 is 9.84 Å². The molecule has 17 heavy (non-hydrogen) atoms. The molecule has 0 unspecified atom stereocenters. The maximum absolute atomic E-state index is 11.3. The Bertz CT molecular complexity index is 443. The van der Waals surface area contributed by atoms with E-state index in [-0.39, 0.29) is 18.1 Å². The van der Waals surface area contributed by atoms with Gasteiger partial charge in [0, 0.05) is 5.75 Å². The molecule has 0 saturated heterocycles. The summed E-state index contributed by atoms with van der Waals surface area (Å²) < 4.78 is 28.1. The van der Waals surface area contributed by atoms with Gasteiger partial charge >= 0.3 is 0 Å². The zero-order chi connectivity index (χ0) is 12.7. The van der Waals surface area contributed by atoms with Gasteiger partial charge in [-0.2, -0.15) is 0 Å². The molecule has 1 aromatic rings. The number of benzene rings is 1. The van der Waals surface area contributed by atoms with Crippen LogP contribution in [0.25, 0.3) is 0 Å². The van der Waals surface area contributed by atoms with E-state index in [0.717, 1.165) is 17.7 Å². The highest BCUT2D eigenvalue weighted by Gasteiger charge is 2.08. The maximum Gasteiger partial charge on any atom is 0.153 e. The van der Waals surface area contributed by atoms with Crippen LogP contribution in [0.4, 0.5) is 0 Å². The lowest BCUT2D eigenvalue weighted by molar-refractivity contribution is 0.337. The van der Waals surface area contributed by atoms with Crippen molar-refractivity contribution in [1.29, 1.82) is 0 Å². The Balaban J connectivity index is 2.57. The summed E-state index contributed by atoms with van der Waals surface area (Å²) in [4.78, 5) is 0. The lowest BCUT2D eigenvalue weighted by atomic mass is 10.1. The van der Waals surface area contributed by atoms with Gasteiger partial charge in [-0.1, -0.05) is 25.1 Å². The van der Waals surface area contributed by atoms with Gasteiger partial charge < -0.3 is 10.5 Å². The van der Waals surface area contributed by atoms with Gasteiger partial charge in [0.2, 0.25) is 0 Å². The number of nitrogens with two attached hydrogens (primary N) is 1. The summed E-state index contributed by atoms with van der Waals surface area (Å²) in [6.07, 6.45) is 0.733. The molecule has 2 N–H and O–H groups in total. The van der Waals surface area contributed by atoms with Gasteiger partial charge in [-0.25, -0.2) is 8.42 Å². The molecule has 0 aromatic heterocycles. The van der Waals surface area contributed by atoms with Crippen LogP contribution in [-0.4, -0.2) is 33.1 Å². The normalized spacial score (nSPS) is 11.4. The van der Waals surface area contributed by atoms with E-state index >= 15 is 0 Å². The van der Waals surface area contributed by atoms with Crippen LogP contribution in [0.2, 0.25) is 0 Å². The largest absolute Gasteiger partial charge is 0.492 e. The Hall–Kier alpha value is -1.07. The molecule has 0 amide bonds. The molecular weight excluding hydrogens is 238 g/mol. The van der Waals surface area contributed by atoms with E-state index in [1.165, 1.54) is 0 Å². The van der Waals surface area contributed by atoms with E-state index in [9.17, 15) is 8.42 Å². The highest BCUT2D eigenvalue weighted by atomic mass is 32.2. The highest BCUT2D eigenvalue weighted by molar-refractivity contribution is 7.91. The molecule has 0 fully saturated rings. The van der Waals surface area contributed by atoms with Gasteiger partial charge in [0.1, 0.15) is 12.4 Å². The quantitative estimate of drug-likeness (QED) is 0.791. The molecule has 5 heteroatoms. The Morgan fingerprint density at radius 3 is 2.65 bits per heavy atom. The lowest BCUT2D eigenvalue weighted by Gasteiger charge is -2.10. The fraction of sp³-hybridized carbons (Fsp3) is 0.500. The monoisotopic (exact) mass is 257 g/mol. The Morgan fingerprint density at radius 2 is 2.00 bits per heavy atom. The van der Waals surface area contributed by atoms with Gasteiger partial charge in [0.15, 0.2) is 9.84 Å². The Morgan fingerprint density at radius 1 is 1.29 bits per heavy atom. The first-order valence-electron chi connectivity index (χ1n) is 5.70. The van der Waals surface area contributed by atoms with Crippen LogP contribution in [0.3, 0.4) is 0 Å². The molecule has 1 rings (SSSR count). The van der Waals surface area contributed by atoms with Crippen molar-refractivity contribution in [3.63, 3.8) is 0 Å².